The van der Waals surface area contributed by atoms with Crippen molar-refractivity contribution < 1.29 is 0 Å². The molecule has 0 unspecified atom stereocenters. The summed E-state index contributed by atoms with van der Waals surface area (Å²) in [6.45, 7) is 0. The van der Waals surface area contributed by atoms with E-state index in [-0.39, 0.29) is 0 Å². The van der Waals surface area contributed by atoms with Crippen LogP contribution in [-0.4, -0.2) is 29.9 Å². The van der Waals surface area contributed by atoms with Crippen LogP contribution in [0.25, 0.3) is 168 Å². The molecule has 0 bridgehead atoms. The minimum absolute atomic E-state index is 0.575. The molecule has 446 valence electrons. The largest absolute Gasteiger partial charge is 0.208 e. The van der Waals surface area contributed by atoms with Crippen molar-refractivity contribution in [2.75, 3.05) is 0 Å². The first kappa shape index (κ1) is 57.7. The number of fused-ring (bicyclic) bond motifs is 2. The summed E-state index contributed by atoms with van der Waals surface area (Å²) in [4.78, 5) is 30.5. The van der Waals surface area contributed by atoms with E-state index in [4.69, 9.17) is 29.9 Å². The first-order chi connectivity index (χ1) is 47.4. The van der Waals surface area contributed by atoms with Crippen molar-refractivity contribution in [3.63, 3.8) is 0 Å². The van der Waals surface area contributed by atoms with E-state index in [1.165, 1.54) is 0 Å². The Balaban J connectivity index is 0.656. The zero-order chi connectivity index (χ0) is 64.3. The number of benzene rings is 14. The van der Waals surface area contributed by atoms with Crippen LogP contribution < -0.4 is 0 Å². The van der Waals surface area contributed by atoms with Crippen molar-refractivity contribution in [2.45, 2.75) is 0 Å². The van der Waals surface area contributed by atoms with Crippen LogP contribution in [0.1, 0.15) is 11.1 Å². The van der Waals surface area contributed by atoms with Gasteiger partial charge in [0, 0.05) is 33.4 Å². The summed E-state index contributed by atoms with van der Waals surface area (Å²) in [5.74, 6) is 3.50. The Bertz CT molecular complexity index is 5670. The number of hydrogen-bond acceptors (Lipinski definition) is 8. The lowest BCUT2D eigenvalue weighted by Crippen LogP contribution is -2.00. The molecule has 0 saturated heterocycles. The molecule has 14 aromatic carbocycles. The maximum Gasteiger partial charge on any atom is 0.164 e. The number of nitriles is 2. The molecule has 96 heavy (non-hydrogen) atoms. The highest BCUT2D eigenvalue weighted by Crippen LogP contribution is 2.40. The van der Waals surface area contributed by atoms with Crippen molar-refractivity contribution in [1.82, 2.24) is 29.9 Å². The predicted molar refractivity (Wildman–Crippen MR) is 388 cm³/mol. The van der Waals surface area contributed by atoms with E-state index in [2.05, 4.69) is 231 Å². The summed E-state index contributed by atoms with van der Waals surface area (Å²) in [5, 5.41) is 23.8. The quantitative estimate of drug-likeness (QED) is 0.112. The average molecular weight is 1220 g/mol. The summed E-state index contributed by atoms with van der Waals surface area (Å²) in [5.41, 5.74) is 21.6. The third kappa shape index (κ3) is 11.4. The van der Waals surface area contributed by atoms with Gasteiger partial charge in [0.2, 0.25) is 0 Å². The van der Waals surface area contributed by atoms with E-state index >= 15 is 0 Å². The van der Waals surface area contributed by atoms with Crippen LogP contribution in [0.4, 0.5) is 0 Å². The Morgan fingerprint density at radius 1 is 0.177 bits per heavy atom. The zero-order valence-electron chi connectivity index (χ0n) is 51.8. The van der Waals surface area contributed by atoms with E-state index in [0.717, 1.165) is 133 Å². The van der Waals surface area contributed by atoms with Crippen LogP contribution in [-0.2, 0) is 0 Å². The number of nitrogens with zero attached hydrogens (tertiary/aromatic N) is 8. The summed E-state index contributed by atoms with van der Waals surface area (Å²) in [6.07, 6.45) is 0. The molecule has 0 saturated carbocycles. The summed E-state index contributed by atoms with van der Waals surface area (Å²) < 4.78 is 0. The highest BCUT2D eigenvalue weighted by atomic mass is 15.0. The Morgan fingerprint density at radius 3 is 0.740 bits per heavy atom. The van der Waals surface area contributed by atoms with Gasteiger partial charge in [-0.25, -0.2) is 29.9 Å². The Hall–Kier alpha value is -13.4. The fraction of sp³-hybridized carbons (Fsp3) is 0. The van der Waals surface area contributed by atoms with Gasteiger partial charge < -0.3 is 0 Å². The molecular weight excluding hydrogens is 1170 g/mol. The van der Waals surface area contributed by atoms with Gasteiger partial charge in [-0.15, -0.1) is 0 Å². The Labute approximate surface area is 555 Å². The van der Waals surface area contributed by atoms with Gasteiger partial charge in [-0.05, 0) is 118 Å². The molecule has 0 fully saturated rings. The average Bonchev–Trinajstić information content (AvgIpc) is 0.817. The van der Waals surface area contributed by atoms with Gasteiger partial charge >= 0.3 is 0 Å². The van der Waals surface area contributed by atoms with Crippen LogP contribution in [0.3, 0.4) is 0 Å². The number of rotatable bonds is 13. The molecule has 0 radical (unpaired) electrons. The molecule has 2 aromatic heterocycles. The van der Waals surface area contributed by atoms with Crippen molar-refractivity contribution in [3.8, 4) is 158 Å². The monoisotopic (exact) mass is 1220 g/mol. The minimum Gasteiger partial charge on any atom is -0.208 e. The van der Waals surface area contributed by atoms with Gasteiger partial charge in [0.15, 0.2) is 34.9 Å². The molecule has 0 amide bonds. The Kier molecular flexibility index (Phi) is 15.2. The normalized spacial score (nSPS) is 11.1. The third-order valence-electron chi connectivity index (χ3n) is 17.8. The van der Waals surface area contributed by atoms with Gasteiger partial charge in [-0.3, -0.25) is 0 Å². The van der Waals surface area contributed by atoms with E-state index < -0.39 is 0 Å². The van der Waals surface area contributed by atoms with Crippen LogP contribution in [0, 0.1) is 22.7 Å². The number of hydrogen-bond donors (Lipinski definition) is 0. The lowest BCUT2D eigenvalue weighted by molar-refractivity contribution is 1.07. The second-order valence-corrected chi connectivity index (χ2v) is 23.6. The highest BCUT2D eigenvalue weighted by molar-refractivity contribution is 6.06. The molecule has 16 aromatic rings. The lowest BCUT2D eigenvalue weighted by atomic mass is 9.91. The van der Waals surface area contributed by atoms with Gasteiger partial charge in [-0.2, -0.15) is 10.5 Å². The van der Waals surface area contributed by atoms with Crippen molar-refractivity contribution in [2.24, 2.45) is 0 Å². The molecule has 16 rings (SSSR count). The second kappa shape index (κ2) is 25.4. The van der Waals surface area contributed by atoms with E-state index in [1.54, 1.807) is 0 Å². The summed E-state index contributed by atoms with van der Waals surface area (Å²) in [7, 11) is 0. The van der Waals surface area contributed by atoms with E-state index in [1.807, 2.05) is 109 Å². The molecule has 2 heterocycles. The Morgan fingerprint density at radius 2 is 0.417 bits per heavy atom. The lowest BCUT2D eigenvalue weighted by Gasteiger charge is -2.13. The highest BCUT2D eigenvalue weighted by Gasteiger charge is 2.18. The van der Waals surface area contributed by atoms with Gasteiger partial charge in [0.1, 0.15) is 0 Å². The third-order valence-corrected chi connectivity index (χ3v) is 17.8. The molecule has 0 aliphatic heterocycles. The van der Waals surface area contributed by atoms with Gasteiger partial charge in [0.25, 0.3) is 0 Å². The van der Waals surface area contributed by atoms with Gasteiger partial charge in [0.05, 0.1) is 23.3 Å². The molecule has 0 N–H and O–H groups in total. The van der Waals surface area contributed by atoms with Crippen molar-refractivity contribution >= 4 is 21.5 Å². The van der Waals surface area contributed by atoms with Crippen molar-refractivity contribution in [3.05, 3.63) is 339 Å². The predicted octanol–water partition coefficient (Wildman–Crippen LogP) is 21.8. The molecule has 0 spiro atoms. The summed E-state index contributed by atoms with van der Waals surface area (Å²) >= 11 is 0. The fourth-order valence-corrected chi connectivity index (χ4v) is 12.8. The minimum atomic E-state index is 0.575. The topological polar surface area (TPSA) is 125 Å². The van der Waals surface area contributed by atoms with Gasteiger partial charge in [-0.1, -0.05) is 309 Å². The van der Waals surface area contributed by atoms with E-state index in [0.29, 0.717) is 46.1 Å². The van der Waals surface area contributed by atoms with Crippen LogP contribution >= 0.6 is 0 Å². The zero-order valence-corrected chi connectivity index (χ0v) is 51.8. The van der Waals surface area contributed by atoms with Crippen LogP contribution in [0.5, 0.6) is 0 Å². The van der Waals surface area contributed by atoms with Crippen molar-refractivity contribution in [1.29, 1.82) is 10.5 Å². The summed E-state index contributed by atoms with van der Waals surface area (Å²) in [6, 6.07) is 117. The molecule has 8 heteroatoms. The molecular formula is C88H54N8. The molecule has 0 aliphatic rings. The maximum absolute atomic E-state index is 9.74. The maximum atomic E-state index is 9.74. The van der Waals surface area contributed by atoms with Crippen LogP contribution in [0.15, 0.2) is 328 Å². The standard InChI is InChI=1S/C88H54N8/c89-55-57-14-9-20-72(54-57)60-30-36-62(37-31-60)75-22-10-28-81-77(24-12-26-79(75)81)64-42-50-70(51-43-64)87-93-83(66-15-3-1-4-16-66)91-85(95-87)68-46-32-58(33-47-68)59-34-48-69(49-35-59)86-92-84(67-17-5-2-6-18-67)94-88(96-86)71-52-44-65(45-53-71)78-25-13-27-80-76(23-11-29-82(78)80)63-40-38-61(39-41-63)74-21-8-7-19-73(74)56-90/h1-54H. The van der Waals surface area contributed by atoms with Crippen LogP contribution in [0.2, 0.25) is 0 Å². The fourth-order valence-electron chi connectivity index (χ4n) is 12.8. The molecule has 0 atom stereocenters. The van der Waals surface area contributed by atoms with E-state index in [9.17, 15) is 10.5 Å². The first-order valence-corrected chi connectivity index (χ1v) is 31.8. The SMILES string of the molecule is N#Cc1cccc(-c2ccc(-c3cccc4c(-c5ccc(-c6nc(-c7ccccc7)nc(-c7ccc(-c8ccc(-c9nc(-c%10ccccc%10)nc(-c%10ccc(-c%11cccc%12c(-c%13ccc(-c%14ccccc%14C#N)cc%13)cccc%11%12)cc%10)n9)cc8)cc7)n6)cc5)cccc34)cc2)c1. The number of aromatic nitrogens is 6. The second-order valence-electron chi connectivity index (χ2n) is 23.6. The smallest absolute Gasteiger partial charge is 0.164 e. The molecule has 0 aliphatic carbocycles. The first-order valence-electron chi connectivity index (χ1n) is 31.8. The molecule has 8 nitrogen and oxygen atoms in total.